The molecule has 0 saturated carbocycles. The Bertz CT molecular complexity index is 1780. The summed E-state index contributed by atoms with van der Waals surface area (Å²) in [6, 6.07) is 70.0. The van der Waals surface area contributed by atoms with Crippen LogP contribution in [0.2, 0.25) is 0 Å². The second kappa shape index (κ2) is 17.7. The van der Waals surface area contributed by atoms with Gasteiger partial charge in [-0.05, 0) is 37.1 Å². The molecule has 0 aliphatic heterocycles. The van der Waals surface area contributed by atoms with E-state index in [1.807, 2.05) is 0 Å². The normalized spacial score (nSPS) is 10.4. The van der Waals surface area contributed by atoms with Crippen LogP contribution in [0.3, 0.4) is 0 Å². The molecule has 0 spiro atoms. The summed E-state index contributed by atoms with van der Waals surface area (Å²) < 4.78 is 0. The zero-order valence-corrected chi connectivity index (χ0v) is 30.5. The van der Waals surface area contributed by atoms with Crippen molar-refractivity contribution in [3.8, 4) is 0 Å². The van der Waals surface area contributed by atoms with E-state index in [1.54, 1.807) is 0 Å². The molecule has 8 rings (SSSR count). The molecule has 0 amide bonds. The molecule has 0 bridgehead atoms. The predicted octanol–water partition coefficient (Wildman–Crippen LogP) is 2.64. The molecular weight excluding hydrogens is 685 g/mol. The Morgan fingerprint density at radius 3 is 0.851 bits per heavy atom. The Morgan fingerprint density at radius 2 is 0.574 bits per heavy atom. The van der Waals surface area contributed by atoms with Crippen molar-refractivity contribution >= 4 is 69.2 Å². The fourth-order valence-electron chi connectivity index (χ4n) is 5.73. The summed E-state index contributed by atoms with van der Waals surface area (Å²) in [5.74, 6) is 0. The van der Waals surface area contributed by atoms with Crippen LogP contribution < -0.4 is 56.6 Å². The van der Waals surface area contributed by atoms with Crippen LogP contribution in [-0.4, -0.2) is 0 Å². The Kier molecular flexibility index (Phi) is 13.8. The van der Waals surface area contributed by atoms with Gasteiger partial charge in [-0.25, -0.2) is 0 Å². The van der Waals surface area contributed by atoms with Crippen molar-refractivity contribution in [2.75, 3.05) is 0 Å². The number of hydrogen-bond donors (Lipinski definition) is 0. The van der Waals surface area contributed by atoms with E-state index in [4.69, 9.17) is 0 Å². The van der Waals surface area contributed by atoms with Crippen LogP contribution in [0.15, 0.2) is 194 Å². The molecule has 0 aliphatic carbocycles. The summed E-state index contributed by atoms with van der Waals surface area (Å²) in [5, 5.41) is 13.8. The molecular formula is C42H32Cl2P2Ti. The number of rotatable bonds is 6. The van der Waals surface area contributed by atoms with Crippen LogP contribution in [0.25, 0.3) is 21.5 Å². The van der Waals surface area contributed by atoms with Crippen molar-refractivity contribution < 1.29 is 46.5 Å². The molecule has 0 N–H and O–H groups in total. The van der Waals surface area contributed by atoms with Gasteiger partial charge in [0.2, 0.25) is 0 Å². The minimum absolute atomic E-state index is 0. The fraction of sp³-hybridized carbons (Fsp3) is 0. The second-order valence-corrected chi connectivity index (χ2v) is 15.1. The quantitative estimate of drug-likeness (QED) is 0.141. The van der Waals surface area contributed by atoms with Crippen molar-refractivity contribution in [1.82, 2.24) is 0 Å². The van der Waals surface area contributed by atoms with Gasteiger partial charge in [0.1, 0.15) is 0 Å². The smallest absolute Gasteiger partial charge is 1.00 e. The molecule has 228 valence electrons. The number of hydrogen-bond acceptors (Lipinski definition) is 0. The van der Waals surface area contributed by atoms with E-state index in [0.29, 0.717) is 0 Å². The van der Waals surface area contributed by atoms with Crippen molar-refractivity contribution in [2.45, 2.75) is 0 Å². The van der Waals surface area contributed by atoms with E-state index >= 15 is 0 Å². The summed E-state index contributed by atoms with van der Waals surface area (Å²) in [6.45, 7) is 0. The minimum atomic E-state index is -0.493. The van der Waals surface area contributed by atoms with E-state index < -0.39 is 15.8 Å². The summed E-state index contributed by atoms with van der Waals surface area (Å²) in [7, 11) is -0.986. The molecule has 0 saturated heterocycles. The molecule has 5 heteroatoms. The van der Waals surface area contributed by atoms with Crippen molar-refractivity contribution in [2.24, 2.45) is 0 Å². The standard InChI is InChI=1S/2C21H16P.2ClH.Ti/c2*1-3-11-19(12-4-1)22(20-13-5-2-6-14-20)21-15-17-9-7-8-10-18(17)16-21;;;/h2*1-16H;2*1H;/q2*-1;;;+4/p-2. The van der Waals surface area contributed by atoms with Gasteiger partial charge in [0.15, 0.2) is 0 Å². The molecule has 0 fully saturated rings. The van der Waals surface area contributed by atoms with Crippen molar-refractivity contribution in [3.63, 3.8) is 0 Å². The first-order valence-corrected chi connectivity index (χ1v) is 17.6. The van der Waals surface area contributed by atoms with Gasteiger partial charge in [-0.15, -0.1) is 80.7 Å². The molecule has 0 atom stereocenters. The topological polar surface area (TPSA) is 0 Å². The first-order chi connectivity index (χ1) is 21.8. The molecule has 0 aromatic heterocycles. The number of fused-ring (bicyclic) bond motifs is 2. The van der Waals surface area contributed by atoms with Crippen molar-refractivity contribution in [1.29, 1.82) is 0 Å². The molecule has 0 nitrogen and oxygen atoms in total. The van der Waals surface area contributed by atoms with Crippen LogP contribution in [0.5, 0.6) is 0 Å². The first-order valence-electron chi connectivity index (χ1n) is 14.9. The summed E-state index contributed by atoms with van der Waals surface area (Å²) in [4.78, 5) is 0. The fourth-order valence-corrected chi connectivity index (χ4v) is 10.5. The average Bonchev–Trinajstić information content (AvgIpc) is 3.72. The van der Waals surface area contributed by atoms with Gasteiger partial charge in [0.05, 0.1) is 0 Å². The largest absolute Gasteiger partial charge is 4.00 e. The summed E-state index contributed by atoms with van der Waals surface area (Å²) in [6.07, 6.45) is 0. The van der Waals surface area contributed by atoms with E-state index in [1.165, 1.54) is 53.4 Å². The average molecular weight is 717 g/mol. The maximum absolute atomic E-state index is 2.35. The van der Waals surface area contributed by atoms with Crippen molar-refractivity contribution in [3.05, 3.63) is 194 Å². The number of halogens is 2. The maximum atomic E-state index is 2.35. The first kappa shape index (κ1) is 36.5. The maximum Gasteiger partial charge on any atom is 4.00 e. The van der Waals surface area contributed by atoms with E-state index in [-0.39, 0.29) is 46.5 Å². The Balaban J connectivity index is 0.000000200. The minimum Gasteiger partial charge on any atom is -1.00 e. The van der Waals surface area contributed by atoms with Gasteiger partial charge < -0.3 is 24.8 Å². The Labute approximate surface area is 307 Å². The van der Waals surface area contributed by atoms with Crippen LogP contribution in [-0.2, 0) is 21.7 Å². The van der Waals surface area contributed by atoms with Gasteiger partial charge in [-0.2, -0.15) is 12.1 Å². The third-order valence-corrected chi connectivity index (χ3v) is 12.6. The van der Waals surface area contributed by atoms with Crippen LogP contribution in [0.4, 0.5) is 0 Å². The Morgan fingerprint density at radius 1 is 0.319 bits per heavy atom. The van der Waals surface area contributed by atoms with Gasteiger partial charge in [0, 0.05) is 0 Å². The Hall–Kier alpha value is -3.31. The van der Waals surface area contributed by atoms with Gasteiger partial charge in [-0.3, -0.25) is 0 Å². The molecule has 0 radical (unpaired) electrons. The van der Waals surface area contributed by atoms with E-state index in [9.17, 15) is 0 Å². The van der Waals surface area contributed by atoms with Gasteiger partial charge in [0.25, 0.3) is 0 Å². The zero-order chi connectivity index (χ0) is 29.6. The SMILES string of the molecule is [Cl-].[Cl-].[Ti+4].c1ccc(P(c2ccccc2)c2cc3ccccc3[cH-]2)cc1.c1ccc(P(c2ccccc2)c2cc3ccccc3[cH-]2)cc1. The van der Waals surface area contributed by atoms with E-state index in [2.05, 4.69) is 194 Å². The van der Waals surface area contributed by atoms with E-state index in [0.717, 1.165) is 0 Å². The van der Waals surface area contributed by atoms with Crippen LogP contribution in [0, 0.1) is 0 Å². The zero-order valence-electron chi connectivity index (χ0n) is 25.6. The predicted molar refractivity (Wildman–Crippen MR) is 196 cm³/mol. The van der Waals surface area contributed by atoms with Crippen LogP contribution >= 0.6 is 15.8 Å². The summed E-state index contributed by atoms with van der Waals surface area (Å²) >= 11 is 0. The molecule has 8 aromatic carbocycles. The third kappa shape index (κ3) is 8.60. The molecule has 47 heavy (non-hydrogen) atoms. The molecule has 8 aromatic rings. The van der Waals surface area contributed by atoms with Gasteiger partial charge in [-0.1, -0.05) is 133 Å². The monoisotopic (exact) mass is 716 g/mol. The summed E-state index contributed by atoms with van der Waals surface area (Å²) in [5.41, 5.74) is 0. The molecule has 0 unspecified atom stereocenters. The van der Waals surface area contributed by atoms with Gasteiger partial charge >= 0.3 is 21.7 Å². The second-order valence-electron chi connectivity index (χ2n) is 10.7. The van der Waals surface area contributed by atoms with Crippen LogP contribution in [0.1, 0.15) is 0 Å². The third-order valence-electron chi connectivity index (χ3n) is 7.78. The molecule has 0 heterocycles. The number of benzene rings is 6. The molecule has 0 aliphatic rings.